The Hall–Kier alpha value is -2.03. The number of aromatic hydroxyl groups is 1. The van der Waals surface area contributed by atoms with Crippen LogP contribution in [0.15, 0.2) is 36.4 Å². The molecule has 19 heavy (non-hydrogen) atoms. The Balaban J connectivity index is 2.41. The number of rotatable bonds is 3. The number of ether oxygens (including phenoxy) is 1. The zero-order valence-corrected chi connectivity index (χ0v) is 11.4. The maximum absolute atomic E-state index is 12.1. The summed E-state index contributed by atoms with van der Waals surface area (Å²) in [5, 5.41) is 11.2. The molecule has 0 aliphatic rings. The Morgan fingerprint density at radius 3 is 2.68 bits per heavy atom. The average Bonchev–Trinajstić information content (AvgIpc) is 2.39. The van der Waals surface area contributed by atoms with Crippen LogP contribution in [0, 0.1) is 5.41 Å². The second-order valence-corrected chi connectivity index (χ2v) is 5.29. The predicted molar refractivity (Wildman–Crippen MR) is 75.3 cm³/mol. The lowest BCUT2D eigenvalue weighted by Gasteiger charge is -2.20. The van der Waals surface area contributed by atoms with Crippen LogP contribution in [-0.4, -0.2) is 11.1 Å². The molecule has 2 rings (SSSR count). The largest absolute Gasteiger partial charge is 0.508 e. The lowest BCUT2D eigenvalue weighted by atomic mass is 9.91. The van der Waals surface area contributed by atoms with Crippen molar-refractivity contribution in [3.63, 3.8) is 0 Å². The summed E-state index contributed by atoms with van der Waals surface area (Å²) in [6.45, 7) is 5.67. The number of benzene rings is 2. The number of esters is 1. The molecule has 3 heteroatoms. The van der Waals surface area contributed by atoms with Gasteiger partial charge in [0, 0.05) is 5.39 Å². The Morgan fingerprint density at radius 2 is 2.00 bits per heavy atom. The molecule has 1 N–H and O–H groups in total. The van der Waals surface area contributed by atoms with Crippen LogP contribution in [0.5, 0.6) is 11.5 Å². The van der Waals surface area contributed by atoms with Gasteiger partial charge in [0.25, 0.3) is 0 Å². The summed E-state index contributed by atoms with van der Waals surface area (Å²) in [5.74, 6) is 0.386. The van der Waals surface area contributed by atoms with Crippen molar-refractivity contribution in [2.45, 2.75) is 27.2 Å². The van der Waals surface area contributed by atoms with Gasteiger partial charge >= 0.3 is 5.97 Å². The van der Waals surface area contributed by atoms with E-state index in [2.05, 4.69) is 0 Å². The number of hydrogen-bond acceptors (Lipinski definition) is 3. The van der Waals surface area contributed by atoms with Crippen LogP contribution in [0.2, 0.25) is 0 Å². The van der Waals surface area contributed by atoms with Crippen LogP contribution in [0.1, 0.15) is 27.2 Å². The Bertz CT molecular complexity index is 614. The molecule has 0 bridgehead atoms. The van der Waals surface area contributed by atoms with Gasteiger partial charge in [-0.3, -0.25) is 4.79 Å². The molecule has 0 atom stereocenters. The first-order valence-corrected chi connectivity index (χ1v) is 6.38. The summed E-state index contributed by atoms with van der Waals surface area (Å²) in [7, 11) is 0. The van der Waals surface area contributed by atoms with Crippen LogP contribution < -0.4 is 4.74 Å². The van der Waals surface area contributed by atoms with Crippen LogP contribution in [-0.2, 0) is 4.79 Å². The van der Waals surface area contributed by atoms with Crippen LogP contribution >= 0.6 is 0 Å². The highest BCUT2D eigenvalue weighted by atomic mass is 16.5. The summed E-state index contributed by atoms with van der Waals surface area (Å²) in [6.07, 6.45) is 0.710. The first-order chi connectivity index (χ1) is 8.94. The standard InChI is InChI=1S/C16H18O3/c1-4-16(2,3)15(18)19-14-7-5-6-11-8-9-12(17)10-13(11)14/h5-10,17H,4H2,1-3H3. The predicted octanol–water partition coefficient (Wildman–Crippen LogP) is 3.89. The molecule has 0 spiro atoms. The van der Waals surface area contributed by atoms with Crippen molar-refractivity contribution in [2.75, 3.05) is 0 Å². The van der Waals surface area contributed by atoms with Crippen LogP contribution in [0.25, 0.3) is 10.8 Å². The smallest absolute Gasteiger partial charge is 0.316 e. The first kappa shape index (κ1) is 13.4. The molecule has 0 heterocycles. The highest BCUT2D eigenvalue weighted by Gasteiger charge is 2.28. The zero-order valence-electron chi connectivity index (χ0n) is 11.4. The molecule has 0 radical (unpaired) electrons. The molecule has 100 valence electrons. The highest BCUT2D eigenvalue weighted by Crippen LogP contribution is 2.31. The molecular weight excluding hydrogens is 240 g/mol. The van der Waals surface area contributed by atoms with E-state index in [4.69, 9.17) is 4.74 Å². The van der Waals surface area contributed by atoms with Crippen molar-refractivity contribution in [3.05, 3.63) is 36.4 Å². The lowest BCUT2D eigenvalue weighted by Crippen LogP contribution is -2.28. The van der Waals surface area contributed by atoms with Gasteiger partial charge in [0.15, 0.2) is 0 Å². The van der Waals surface area contributed by atoms with Gasteiger partial charge < -0.3 is 9.84 Å². The van der Waals surface area contributed by atoms with Gasteiger partial charge in [0.05, 0.1) is 5.41 Å². The molecule has 0 fully saturated rings. The van der Waals surface area contributed by atoms with Crippen molar-refractivity contribution in [3.8, 4) is 11.5 Å². The molecule has 2 aromatic carbocycles. The average molecular weight is 258 g/mol. The molecule has 0 saturated heterocycles. The van der Waals surface area contributed by atoms with Crippen molar-refractivity contribution < 1.29 is 14.6 Å². The van der Waals surface area contributed by atoms with Crippen LogP contribution in [0.3, 0.4) is 0 Å². The fourth-order valence-corrected chi connectivity index (χ4v) is 1.70. The van der Waals surface area contributed by atoms with E-state index in [9.17, 15) is 9.90 Å². The van der Waals surface area contributed by atoms with Gasteiger partial charge in [-0.25, -0.2) is 0 Å². The molecule has 0 aliphatic carbocycles. The van der Waals surface area contributed by atoms with E-state index in [0.717, 1.165) is 10.8 Å². The van der Waals surface area contributed by atoms with Crippen molar-refractivity contribution in [2.24, 2.45) is 5.41 Å². The van der Waals surface area contributed by atoms with Crippen molar-refractivity contribution >= 4 is 16.7 Å². The summed E-state index contributed by atoms with van der Waals surface area (Å²) in [6, 6.07) is 10.5. The Labute approximate surface area is 112 Å². The molecule has 0 unspecified atom stereocenters. The Kier molecular flexibility index (Phi) is 3.47. The third-order valence-corrected chi connectivity index (χ3v) is 3.46. The minimum atomic E-state index is -0.515. The number of phenolic OH excluding ortho intramolecular Hbond substituents is 1. The highest BCUT2D eigenvalue weighted by molar-refractivity contribution is 5.92. The van der Waals surface area contributed by atoms with Gasteiger partial charge in [-0.1, -0.05) is 25.1 Å². The summed E-state index contributed by atoms with van der Waals surface area (Å²) >= 11 is 0. The van der Waals surface area contributed by atoms with Gasteiger partial charge in [-0.2, -0.15) is 0 Å². The fraction of sp³-hybridized carbons (Fsp3) is 0.312. The third kappa shape index (κ3) is 2.70. The van der Waals surface area contributed by atoms with Gasteiger partial charge in [-0.15, -0.1) is 0 Å². The van der Waals surface area contributed by atoms with Crippen LogP contribution in [0.4, 0.5) is 0 Å². The molecule has 3 nitrogen and oxygen atoms in total. The van der Waals surface area contributed by atoms with Gasteiger partial charge in [0.2, 0.25) is 0 Å². The number of fused-ring (bicyclic) bond motifs is 1. The molecule has 0 aromatic heterocycles. The monoisotopic (exact) mass is 258 g/mol. The minimum Gasteiger partial charge on any atom is -0.508 e. The number of carbonyl (C=O) groups is 1. The van der Waals surface area contributed by atoms with E-state index >= 15 is 0 Å². The number of carbonyl (C=O) groups excluding carboxylic acids is 1. The lowest BCUT2D eigenvalue weighted by molar-refractivity contribution is -0.144. The minimum absolute atomic E-state index is 0.158. The van der Waals surface area contributed by atoms with E-state index in [1.807, 2.05) is 32.9 Å². The third-order valence-electron chi connectivity index (χ3n) is 3.46. The molecule has 0 aliphatic heterocycles. The number of hydrogen-bond donors (Lipinski definition) is 1. The molecule has 0 saturated carbocycles. The van der Waals surface area contributed by atoms with E-state index in [0.29, 0.717) is 12.2 Å². The second kappa shape index (κ2) is 4.92. The zero-order chi connectivity index (χ0) is 14.0. The summed E-state index contributed by atoms with van der Waals surface area (Å²) < 4.78 is 5.49. The Morgan fingerprint density at radius 1 is 1.26 bits per heavy atom. The summed E-state index contributed by atoms with van der Waals surface area (Å²) in [5.41, 5.74) is -0.515. The SMILES string of the molecule is CCC(C)(C)C(=O)Oc1cccc2ccc(O)cc12. The maximum atomic E-state index is 12.1. The van der Waals surface area contributed by atoms with Gasteiger partial charge in [0.1, 0.15) is 11.5 Å². The van der Waals surface area contributed by atoms with Gasteiger partial charge in [-0.05, 0) is 43.9 Å². The molecule has 2 aromatic rings. The quantitative estimate of drug-likeness (QED) is 0.671. The van der Waals surface area contributed by atoms with E-state index < -0.39 is 5.41 Å². The summed E-state index contributed by atoms with van der Waals surface area (Å²) in [4.78, 5) is 12.1. The van der Waals surface area contributed by atoms with Crippen molar-refractivity contribution in [1.82, 2.24) is 0 Å². The van der Waals surface area contributed by atoms with Crippen molar-refractivity contribution in [1.29, 1.82) is 0 Å². The van der Waals surface area contributed by atoms with E-state index in [1.54, 1.807) is 24.3 Å². The van der Waals surface area contributed by atoms with E-state index in [-0.39, 0.29) is 11.7 Å². The van der Waals surface area contributed by atoms with E-state index in [1.165, 1.54) is 0 Å². The fourth-order valence-electron chi connectivity index (χ4n) is 1.70. The second-order valence-electron chi connectivity index (χ2n) is 5.29. The molecular formula is C16H18O3. The first-order valence-electron chi connectivity index (χ1n) is 6.38. The molecule has 0 amide bonds. The normalized spacial score (nSPS) is 11.5. The maximum Gasteiger partial charge on any atom is 0.316 e. The topological polar surface area (TPSA) is 46.5 Å². The number of phenols is 1.